The summed E-state index contributed by atoms with van der Waals surface area (Å²) in [5.74, 6) is 0.895. The number of rotatable bonds is 7. The maximum Gasteiger partial charge on any atom is 0.387 e. The maximum absolute atomic E-state index is 12.5. The summed E-state index contributed by atoms with van der Waals surface area (Å²) in [6.07, 6.45) is 3.12. The Morgan fingerprint density at radius 3 is 2.96 bits per heavy atom. The van der Waals surface area contributed by atoms with Gasteiger partial charge in [-0.1, -0.05) is 22.0 Å². The Morgan fingerprint density at radius 1 is 1.37 bits per heavy atom. The number of nitrogens with zero attached hydrogens (tertiary/aromatic N) is 2. The monoisotopic (exact) mass is 439 g/mol. The van der Waals surface area contributed by atoms with E-state index in [1.807, 2.05) is 18.2 Å². The topological polar surface area (TPSA) is 54.5 Å². The molecular formula is C19H20BrF2N3O2. The van der Waals surface area contributed by atoms with E-state index >= 15 is 0 Å². The number of hydrogen-bond acceptors (Lipinski definition) is 4. The fourth-order valence-electron chi connectivity index (χ4n) is 3.13. The lowest BCUT2D eigenvalue weighted by Crippen LogP contribution is -2.37. The molecule has 1 aromatic carbocycles. The number of alkyl halides is 2. The number of amides is 1. The van der Waals surface area contributed by atoms with Crippen molar-refractivity contribution < 1.29 is 18.3 Å². The van der Waals surface area contributed by atoms with Crippen molar-refractivity contribution in [3.05, 3.63) is 52.6 Å². The van der Waals surface area contributed by atoms with Gasteiger partial charge in [0.2, 0.25) is 5.91 Å². The first-order valence-electron chi connectivity index (χ1n) is 8.70. The molecule has 1 atom stereocenters. The number of benzene rings is 1. The lowest BCUT2D eigenvalue weighted by molar-refractivity contribution is -0.121. The van der Waals surface area contributed by atoms with Crippen LogP contribution >= 0.6 is 15.9 Å². The first kappa shape index (κ1) is 19.5. The molecule has 1 aliphatic rings. The molecule has 27 heavy (non-hydrogen) atoms. The molecule has 0 saturated carbocycles. The van der Waals surface area contributed by atoms with Gasteiger partial charge in [-0.3, -0.25) is 4.79 Å². The highest BCUT2D eigenvalue weighted by Crippen LogP contribution is 2.26. The lowest BCUT2D eigenvalue weighted by Gasteiger charge is -2.18. The maximum atomic E-state index is 12.5. The zero-order valence-electron chi connectivity index (χ0n) is 14.6. The van der Waals surface area contributed by atoms with Gasteiger partial charge in [-0.05, 0) is 48.7 Å². The molecular weight excluding hydrogens is 420 g/mol. The van der Waals surface area contributed by atoms with E-state index in [0.29, 0.717) is 18.5 Å². The van der Waals surface area contributed by atoms with Gasteiger partial charge in [0.25, 0.3) is 0 Å². The van der Waals surface area contributed by atoms with Crippen LogP contribution in [-0.2, 0) is 11.2 Å². The van der Waals surface area contributed by atoms with Crippen LogP contribution in [0.25, 0.3) is 0 Å². The van der Waals surface area contributed by atoms with Crippen molar-refractivity contribution in [1.29, 1.82) is 0 Å². The smallest absolute Gasteiger partial charge is 0.387 e. The van der Waals surface area contributed by atoms with E-state index in [1.54, 1.807) is 18.3 Å². The molecule has 144 valence electrons. The SMILES string of the molecule is O=C(CCc1cc(Br)ccc1OC(F)F)N[C@H]1CCN(c2ccccn2)C1. The summed E-state index contributed by atoms with van der Waals surface area (Å²) >= 11 is 3.31. The zero-order valence-corrected chi connectivity index (χ0v) is 16.2. The minimum atomic E-state index is -2.89. The summed E-state index contributed by atoms with van der Waals surface area (Å²) in [5, 5.41) is 3.01. The predicted octanol–water partition coefficient (Wildman–Crippen LogP) is 3.77. The van der Waals surface area contributed by atoms with Gasteiger partial charge in [-0.2, -0.15) is 8.78 Å². The van der Waals surface area contributed by atoms with Crippen molar-refractivity contribution in [1.82, 2.24) is 10.3 Å². The Kier molecular flexibility index (Phi) is 6.60. The molecule has 5 nitrogen and oxygen atoms in total. The van der Waals surface area contributed by atoms with Gasteiger partial charge in [0.1, 0.15) is 11.6 Å². The van der Waals surface area contributed by atoms with Crippen LogP contribution in [0.1, 0.15) is 18.4 Å². The molecule has 0 aliphatic carbocycles. The van der Waals surface area contributed by atoms with Gasteiger partial charge in [0, 0.05) is 36.2 Å². The standard InChI is InChI=1S/C19H20BrF2N3O2/c20-14-5-6-16(27-19(21)22)13(11-14)4-7-18(26)24-15-8-10-25(12-15)17-3-1-2-9-23-17/h1-3,5-6,9,11,15,19H,4,7-8,10,12H2,(H,24,26)/t15-/m0/s1. The van der Waals surface area contributed by atoms with Crippen molar-refractivity contribution in [3.8, 4) is 5.75 Å². The molecule has 1 fully saturated rings. The van der Waals surface area contributed by atoms with Crippen molar-refractivity contribution in [2.24, 2.45) is 0 Å². The van der Waals surface area contributed by atoms with Crippen molar-refractivity contribution in [3.63, 3.8) is 0 Å². The zero-order chi connectivity index (χ0) is 19.2. The molecule has 1 N–H and O–H groups in total. The van der Waals surface area contributed by atoms with Crippen LogP contribution in [0.4, 0.5) is 14.6 Å². The highest BCUT2D eigenvalue weighted by atomic mass is 79.9. The molecule has 0 bridgehead atoms. The number of hydrogen-bond donors (Lipinski definition) is 1. The molecule has 1 aliphatic heterocycles. The van der Waals surface area contributed by atoms with Gasteiger partial charge in [-0.25, -0.2) is 4.98 Å². The molecule has 8 heteroatoms. The number of aromatic nitrogens is 1. The highest BCUT2D eigenvalue weighted by molar-refractivity contribution is 9.10. The highest BCUT2D eigenvalue weighted by Gasteiger charge is 2.24. The third-order valence-corrected chi connectivity index (χ3v) is 4.88. The van der Waals surface area contributed by atoms with E-state index in [9.17, 15) is 13.6 Å². The average molecular weight is 440 g/mol. The Hall–Kier alpha value is -2.22. The Labute approximate surface area is 164 Å². The minimum absolute atomic E-state index is 0.0544. The van der Waals surface area contributed by atoms with Gasteiger partial charge >= 0.3 is 6.61 Å². The second-order valence-corrected chi connectivity index (χ2v) is 7.23. The van der Waals surface area contributed by atoms with Crippen molar-refractivity contribution in [2.75, 3.05) is 18.0 Å². The fraction of sp³-hybridized carbons (Fsp3) is 0.368. The van der Waals surface area contributed by atoms with Crippen LogP contribution in [0.2, 0.25) is 0 Å². The molecule has 0 radical (unpaired) electrons. The number of nitrogens with one attached hydrogen (secondary N) is 1. The molecule has 1 aromatic heterocycles. The Morgan fingerprint density at radius 2 is 2.22 bits per heavy atom. The Balaban J connectivity index is 1.51. The third kappa shape index (κ3) is 5.63. The van der Waals surface area contributed by atoms with Crippen LogP contribution in [-0.4, -0.2) is 36.6 Å². The summed E-state index contributed by atoms with van der Waals surface area (Å²) in [4.78, 5) is 18.7. The van der Waals surface area contributed by atoms with Gasteiger partial charge in [0.15, 0.2) is 0 Å². The number of carbonyl (C=O) groups excluding carboxylic acids is 1. The number of aryl methyl sites for hydroxylation is 1. The molecule has 1 amide bonds. The average Bonchev–Trinajstić information content (AvgIpc) is 3.11. The number of halogens is 3. The second kappa shape index (κ2) is 9.12. The van der Waals surface area contributed by atoms with E-state index in [2.05, 4.69) is 35.9 Å². The molecule has 0 unspecified atom stereocenters. The number of carbonyl (C=O) groups is 1. The number of anilines is 1. The minimum Gasteiger partial charge on any atom is -0.435 e. The van der Waals surface area contributed by atoms with Crippen LogP contribution < -0.4 is 15.0 Å². The van der Waals surface area contributed by atoms with E-state index in [4.69, 9.17) is 0 Å². The normalized spacial score (nSPS) is 16.6. The summed E-state index contributed by atoms with van der Waals surface area (Å²) < 4.78 is 30.3. The first-order valence-corrected chi connectivity index (χ1v) is 9.49. The van der Waals surface area contributed by atoms with Gasteiger partial charge < -0.3 is 15.0 Å². The third-order valence-electron chi connectivity index (χ3n) is 4.39. The molecule has 2 aromatic rings. The van der Waals surface area contributed by atoms with E-state index in [0.717, 1.165) is 23.3 Å². The van der Waals surface area contributed by atoms with E-state index in [1.165, 1.54) is 6.07 Å². The molecule has 1 saturated heterocycles. The second-order valence-electron chi connectivity index (χ2n) is 6.32. The largest absolute Gasteiger partial charge is 0.435 e. The number of ether oxygens (including phenoxy) is 1. The summed E-state index contributed by atoms with van der Waals surface area (Å²) in [6.45, 7) is -1.35. The molecule has 3 rings (SSSR count). The number of pyridine rings is 1. The quantitative estimate of drug-likeness (QED) is 0.713. The van der Waals surface area contributed by atoms with Crippen LogP contribution in [0.15, 0.2) is 47.1 Å². The summed E-state index contributed by atoms with van der Waals surface area (Å²) in [6, 6.07) is 10.6. The van der Waals surface area contributed by atoms with Crippen molar-refractivity contribution in [2.45, 2.75) is 31.9 Å². The summed E-state index contributed by atoms with van der Waals surface area (Å²) in [5.41, 5.74) is 0.571. The van der Waals surface area contributed by atoms with Crippen molar-refractivity contribution >= 4 is 27.7 Å². The molecule has 2 heterocycles. The van der Waals surface area contributed by atoms with Crippen LogP contribution in [0.3, 0.4) is 0 Å². The fourth-order valence-corrected chi connectivity index (χ4v) is 3.54. The van der Waals surface area contributed by atoms with Crippen LogP contribution in [0, 0.1) is 0 Å². The summed E-state index contributed by atoms with van der Waals surface area (Å²) in [7, 11) is 0. The lowest BCUT2D eigenvalue weighted by atomic mass is 10.1. The van der Waals surface area contributed by atoms with Gasteiger partial charge in [-0.15, -0.1) is 0 Å². The van der Waals surface area contributed by atoms with E-state index < -0.39 is 6.61 Å². The van der Waals surface area contributed by atoms with Gasteiger partial charge in [0.05, 0.1) is 0 Å². The van der Waals surface area contributed by atoms with E-state index in [-0.39, 0.29) is 24.1 Å². The predicted molar refractivity (Wildman–Crippen MR) is 102 cm³/mol. The Bertz CT molecular complexity index is 777. The van der Waals surface area contributed by atoms with Crippen LogP contribution in [0.5, 0.6) is 5.75 Å². The molecule has 0 spiro atoms. The first-order chi connectivity index (χ1) is 13.0.